The van der Waals surface area contributed by atoms with Crippen LogP contribution in [-0.2, 0) is 28.7 Å². The number of aryl methyl sites for hydroxylation is 1. The standard InChI is InChI=1S/C14H14Cl2N2O2/c1-18-9-17-8-11(18)7-14(19-4-5-20-14)12-3-2-10(15)6-13(12)16/h2-3,6,8-9H,4-5,7H2,1H3. The van der Waals surface area contributed by atoms with Gasteiger partial charge in [0, 0.05) is 35.9 Å². The van der Waals surface area contributed by atoms with Crippen LogP contribution in [0.1, 0.15) is 11.3 Å². The number of aromatic nitrogens is 2. The van der Waals surface area contributed by atoms with Gasteiger partial charge in [-0.05, 0) is 12.1 Å². The van der Waals surface area contributed by atoms with Gasteiger partial charge in [0.2, 0.25) is 5.79 Å². The van der Waals surface area contributed by atoms with Crippen LogP contribution in [0.25, 0.3) is 0 Å². The summed E-state index contributed by atoms with van der Waals surface area (Å²) in [4.78, 5) is 4.12. The average molecular weight is 313 g/mol. The topological polar surface area (TPSA) is 36.3 Å². The van der Waals surface area contributed by atoms with Crippen molar-refractivity contribution in [3.05, 3.63) is 52.0 Å². The van der Waals surface area contributed by atoms with Gasteiger partial charge in [-0.3, -0.25) is 0 Å². The zero-order valence-corrected chi connectivity index (χ0v) is 12.5. The molecule has 2 heterocycles. The molecule has 1 aromatic carbocycles. The Morgan fingerprint density at radius 3 is 2.65 bits per heavy atom. The predicted molar refractivity (Wildman–Crippen MR) is 77.0 cm³/mol. The van der Waals surface area contributed by atoms with Crippen LogP contribution in [0, 0.1) is 0 Å². The molecule has 0 aliphatic carbocycles. The lowest BCUT2D eigenvalue weighted by molar-refractivity contribution is -0.165. The first-order valence-electron chi connectivity index (χ1n) is 6.29. The maximum Gasteiger partial charge on any atom is 0.202 e. The third kappa shape index (κ3) is 2.44. The van der Waals surface area contributed by atoms with Crippen molar-refractivity contribution in [2.24, 2.45) is 7.05 Å². The summed E-state index contributed by atoms with van der Waals surface area (Å²) in [7, 11) is 1.94. The van der Waals surface area contributed by atoms with Crippen LogP contribution < -0.4 is 0 Å². The fourth-order valence-electron chi connectivity index (χ4n) is 2.40. The second-order valence-electron chi connectivity index (χ2n) is 4.75. The van der Waals surface area contributed by atoms with Gasteiger partial charge in [-0.15, -0.1) is 0 Å². The van der Waals surface area contributed by atoms with Crippen LogP contribution in [0.15, 0.2) is 30.7 Å². The minimum atomic E-state index is -0.866. The van der Waals surface area contributed by atoms with Gasteiger partial charge in [0.1, 0.15) is 0 Å². The molecule has 0 radical (unpaired) electrons. The average Bonchev–Trinajstić information content (AvgIpc) is 3.01. The fourth-order valence-corrected chi connectivity index (χ4v) is 2.95. The second kappa shape index (κ2) is 5.37. The highest BCUT2D eigenvalue weighted by Gasteiger charge is 2.41. The lowest BCUT2D eigenvalue weighted by atomic mass is 10.0. The van der Waals surface area contributed by atoms with E-state index in [2.05, 4.69) is 4.98 Å². The Kier molecular flexibility index (Phi) is 3.73. The van der Waals surface area contributed by atoms with Crippen molar-refractivity contribution in [1.29, 1.82) is 0 Å². The van der Waals surface area contributed by atoms with Gasteiger partial charge >= 0.3 is 0 Å². The normalized spacial score (nSPS) is 17.6. The van der Waals surface area contributed by atoms with E-state index in [9.17, 15) is 0 Å². The number of hydrogen-bond acceptors (Lipinski definition) is 3. The van der Waals surface area contributed by atoms with Gasteiger partial charge in [-0.1, -0.05) is 29.3 Å². The maximum absolute atomic E-state index is 6.31. The molecule has 0 saturated carbocycles. The number of hydrogen-bond donors (Lipinski definition) is 0. The van der Waals surface area contributed by atoms with Gasteiger partial charge in [0.15, 0.2) is 0 Å². The summed E-state index contributed by atoms with van der Waals surface area (Å²) < 4.78 is 13.7. The molecule has 0 atom stereocenters. The summed E-state index contributed by atoms with van der Waals surface area (Å²) in [5.41, 5.74) is 1.81. The van der Waals surface area contributed by atoms with Gasteiger partial charge in [-0.25, -0.2) is 4.98 Å². The van der Waals surface area contributed by atoms with E-state index in [1.807, 2.05) is 17.7 Å². The number of nitrogens with zero attached hydrogens (tertiary/aromatic N) is 2. The first kappa shape index (κ1) is 13.9. The number of imidazole rings is 1. The molecule has 1 aliphatic rings. The van der Waals surface area contributed by atoms with E-state index in [0.717, 1.165) is 11.3 Å². The van der Waals surface area contributed by atoms with E-state index in [4.69, 9.17) is 32.7 Å². The third-order valence-corrected chi connectivity index (χ3v) is 3.97. The summed E-state index contributed by atoms with van der Waals surface area (Å²) in [6, 6.07) is 5.35. The Morgan fingerprint density at radius 2 is 2.05 bits per heavy atom. The van der Waals surface area contributed by atoms with Gasteiger partial charge in [0.05, 0.1) is 24.6 Å². The summed E-state index contributed by atoms with van der Waals surface area (Å²) in [5.74, 6) is -0.866. The van der Waals surface area contributed by atoms with E-state index < -0.39 is 5.79 Å². The second-order valence-corrected chi connectivity index (χ2v) is 5.59. The number of benzene rings is 1. The molecule has 0 N–H and O–H groups in total. The van der Waals surface area contributed by atoms with E-state index >= 15 is 0 Å². The molecule has 1 saturated heterocycles. The number of halogens is 2. The molecule has 0 bridgehead atoms. The van der Waals surface area contributed by atoms with Crippen molar-refractivity contribution in [2.45, 2.75) is 12.2 Å². The van der Waals surface area contributed by atoms with Crippen molar-refractivity contribution in [2.75, 3.05) is 13.2 Å². The Bertz CT molecular complexity index is 621. The summed E-state index contributed by atoms with van der Waals surface area (Å²) >= 11 is 12.3. The Balaban J connectivity index is 2.01. The highest BCUT2D eigenvalue weighted by atomic mass is 35.5. The Morgan fingerprint density at radius 1 is 1.30 bits per heavy atom. The van der Waals surface area contributed by atoms with E-state index in [0.29, 0.717) is 29.7 Å². The van der Waals surface area contributed by atoms with Crippen LogP contribution >= 0.6 is 23.2 Å². The van der Waals surface area contributed by atoms with Crippen molar-refractivity contribution < 1.29 is 9.47 Å². The lowest BCUT2D eigenvalue weighted by Crippen LogP contribution is -2.31. The smallest absolute Gasteiger partial charge is 0.202 e. The first-order chi connectivity index (χ1) is 9.61. The fraction of sp³-hybridized carbons (Fsp3) is 0.357. The van der Waals surface area contributed by atoms with Crippen LogP contribution in [0.2, 0.25) is 10.0 Å². The minimum absolute atomic E-state index is 0.538. The first-order valence-corrected chi connectivity index (χ1v) is 7.05. The van der Waals surface area contributed by atoms with Crippen molar-refractivity contribution in [3.63, 3.8) is 0 Å². The molecule has 2 aromatic rings. The molecular formula is C14H14Cl2N2O2. The molecule has 4 nitrogen and oxygen atoms in total. The van der Waals surface area contributed by atoms with Gasteiger partial charge in [0.25, 0.3) is 0 Å². The van der Waals surface area contributed by atoms with Crippen LogP contribution in [-0.4, -0.2) is 22.8 Å². The highest BCUT2D eigenvalue weighted by Crippen LogP contribution is 2.39. The van der Waals surface area contributed by atoms with Crippen molar-refractivity contribution in [1.82, 2.24) is 9.55 Å². The number of rotatable bonds is 3. The van der Waals surface area contributed by atoms with Crippen molar-refractivity contribution in [3.8, 4) is 0 Å². The Hall–Kier alpha value is -1.07. The monoisotopic (exact) mass is 312 g/mol. The van der Waals surface area contributed by atoms with Crippen LogP contribution in [0.5, 0.6) is 0 Å². The molecule has 1 aromatic heterocycles. The quantitative estimate of drug-likeness (QED) is 0.873. The molecular weight excluding hydrogens is 299 g/mol. The summed E-state index contributed by atoms with van der Waals surface area (Å²) in [5, 5.41) is 1.13. The third-order valence-electron chi connectivity index (χ3n) is 3.43. The lowest BCUT2D eigenvalue weighted by Gasteiger charge is -2.28. The molecule has 1 aliphatic heterocycles. The Labute approximate surface area is 127 Å². The molecule has 0 amide bonds. The highest BCUT2D eigenvalue weighted by molar-refractivity contribution is 6.35. The van der Waals surface area contributed by atoms with Gasteiger partial charge in [-0.2, -0.15) is 0 Å². The molecule has 6 heteroatoms. The molecule has 106 valence electrons. The zero-order chi connectivity index (χ0) is 14.2. The minimum Gasteiger partial charge on any atom is -0.343 e. The van der Waals surface area contributed by atoms with Crippen molar-refractivity contribution >= 4 is 23.2 Å². The van der Waals surface area contributed by atoms with Crippen LogP contribution in [0.3, 0.4) is 0 Å². The molecule has 0 spiro atoms. The molecule has 3 rings (SSSR count). The maximum atomic E-state index is 6.31. The molecule has 1 fully saturated rings. The van der Waals surface area contributed by atoms with Crippen LogP contribution in [0.4, 0.5) is 0 Å². The molecule has 20 heavy (non-hydrogen) atoms. The van der Waals surface area contributed by atoms with E-state index in [1.165, 1.54) is 0 Å². The summed E-state index contributed by atoms with van der Waals surface area (Å²) in [6.07, 6.45) is 4.10. The molecule has 0 unspecified atom stereocenters. The zero-order valence-electron chi connectivity index (χ0n) is 11.0. The predicted octanol–water partition coefficient (Wildman–Crippen LogP) is 3.17. The van der Waals surface area contributed by atoms with E-state index in [-0.39, 0.29) is 0 Å². The number of ether oxygens (including phenoxy) is 2. The van der Waals surface area contributed by atoms with E-state index in [1.54, 1.807) is 24.7 Å². The SMILES string of the molecule is Cn1cncc1CC1(c2ccc(Cl)cc2Cl)OCCO1. The summed E-state index contributed by atoms with van der Waals surface area (Å²) in [6.45, 7) is 1.08. The largest absolute Gasteiger partial charge is 0.343 e. The van der Waals surface area contributed by atoms with Gasteiger partial charge < -0.3 is 14.0 Å².